The quantitative estimate of drug-likeness (QED) is 0.300. The van der Waals surface area contributed by atoms with E-state index in [1.54, 1.807) is 11.9 Å². The van der Waals surface area contributed by atoms with Crippen molar-refractivity contribution in [3.05, 3.63) is 23.5 Å². The van der Waals surface area contributed by atoms with Gasteiger partial charge in [0.2, 0.25) is 0 Å². The fourth-order valence-corrected chi connectivity index (χ4v) is 5.74. The van der Waals surface area contributed by atoms with Gasteiger partial charge in [-0.15, -0.1) is 0 Å². The lowest BCUT2D eigenvalue weighted by Gasteiger charge is -2.32. The standard InChI is InChI=1S/C24H40IN4O3P/c1-22(2,3)32-21(30)28(7)13-12-27(6)15-20-19(14-29(26-20)33-25)18-8-10-24(11-9-18)16-23(4,5)17-31-24/h8,14,33H,9-13,15-17H2,1-7H3. The van der Waals surface area contributed by atoms with Crippen molar-refractivity contribution in [2.24, 2.45) is 5.41 Å². The van der Waals surface area contributed by atoms with Crippen molar-refractivity contribution in [2.75, 3.05) is 33.8 Å². The van der Waals surface area contributed by atoms with Crippen molar-refractivity contribution in [1.82, 2.24) is 19.4 Å². The minimum absolute atomic E-state index is 0.0250. The van der Waals surface area contributed by atoms with Crippen molar-refractivity contribution in [1.29, 1.82) is 0 Å². The highest BCUT2D eigenvalue weighted by Crippen LogP contribution is 2.48. The van der Waals surface area contributed by atoms with Gasteiger partial charge in [0.05, 0.1) is 24.3 Å². The van der Waals surface area contributed by atoms with Gasteiger partial charge in [0, 0.05) is 38.4 Å². The van der Waals surface area contributed by atoms with Gasteiger partial charge in [-0.3, -0.25) is 4.90 Å². The fourth-order valence-electron chi connectivity index (χ4n) is 4.66. The molecule has 1 aromatic rings. The summed E-state index contributed by atoms with van der Waals surface area (Å²) in [6, 6.07) is 0. The smallest absolute Gasteiger partial charge is 0.410 e. The molecule has 2 atom stereocenters. The average Bonchev–Trinajstić information content (AvgIpc) is 3.25. The van der Waals surface area contributed by atoms with E-state index in [1.807, 2.05) is 25.2 Å². The molecule has 0 bridgehead atoms. The maximum atomic E-state index is 12.2. The van der Waals surface area contributed by atoms with Crippen molar-refractivity contribution in [3.8, 4) is 0 Å². The van der Waals surface area contributed by atoms with Gasteiger partial charge in [0.25, 0.3) is 0 Å². The van der Waals surface area contributed by atoms with E-state index in [0.29, 0.717) is 12.9 Å². The summed E-state index contributed by atoms with van der Waals surface area (Å²) in [7, 11) is 3.87. The molecule has 0 aromatic carbocycles. The number of hydrogen-bond donors (Lipinski definition) is 0. The second-order valence-corrected chi connectivity index (χ2v) is 13.5. The predicted octanol–water partition coefficient (Wildman–Crippen LogP) is 5.73. The van der Waals surface area contributed by atoms with Crippen LogP contribution in [0.5, 0.6) is 0 Å². The Morgan fingerprint density at radius 3 is 2.61 bits per heavy atom. The zero-order chi connectivity index (χ0) is 24.4. The van der Waals surface area contributed by atoms with Crippen molar-refractivity contribution in [3.63, 3.8) is 0 Å². The minimum Gasteiger partial charge on any atom is -0.444 e. The average molecular weight is 590 g/mol. The molecule has 1 aromatic heterocycles. The lowest BCUT2D eigenvalue weighted by Crippen LogP contribution is -2.38. The van der Waals surface area contributed by atoms with E-state index in [0.717, 1.165) is 51.1 Å². The number of rotatable bonds is 7. The molecule has 1 aliphatic carbocycles. The summed E-state index contributed by atoms with van der Waals surface area (Å²) < 4.78 is 13.8. The first-order valence-corrected chi connectivity index (χ1v) is 15.8. The number of allylic oxidation sites excluding steroid dienone is 1. The normalized spacial score (nSPS) is 23.0. The predicted molar refractivity (Wildman–Crippen MR) is 144 cm³/mol. The third-order valence-electron chi connectivity index (χ3n) is 6.31. The Labute approximate surface area is 213 Å². The first kappa shape index (κ1) is 26.9. The van der Waals surface area contributed by atoms with Gasteiger partial charge in [-0.25, -0.2) is 9.25 Å². The van der Waals surface area contributed by atoms with E-state index in [9.17, 15) is 4.79 Å². The molecule has 9 heteroatoms. The van der Waals surface area contributed by atoms with Crippen LogP contribution in [-0.2, 0) is 16.0 Å². The van der Waals surface area contributed by atoms with E-state index in [-0.39, 0.29) is 17.1 Å². The zero-order valence-corrected chi connectivity index (χ0v) is 24.4. The number of carbonyl (C=O) groups is 1. The van der Waals surface area contributed by atoms with Gasteiger partial charge in [0.15, 0.2) is 0 Å². The molecule has 2 aliphatic rings. The van der Waals surface area contributed by atoms with Crippen molar-refractivity contribution >= 4 is 40.1 Å². The maximum Gasteiger partial charge on any atom is 0.410 e. The van der Waals surface area contributed by atoms with Crippen LogP contribution in [-0.4, -0.2) is 70.4 Å². The summed E-state index contributed by atoms with van der Waals surface area (Å²) >= 11 is 2.38. The first-order chi connectivity index (χ1) is 15.3. The highest BCUT2D eigenvalue weighted by atomic mass is 127. The van der Waals surface area contributed by atoms with Crippen LogP contribution < -0.4 is 0 Å². The van der Waals surface area contributed by atoms with Crippen LogP contribution in [0.15, 0.2) is 12.3 Å². The number of halogens is 1. The Hall–Kier alpha value is -0.700. The van der Waals surface area contributed by atoms with E-state index in [1.165, 1.54) is 11.1 Å². The lowest BCUT2D eigenvalue weighted by atomic mass is 9.76. The van der Waals surface area contributed by atoms with Crippen LogP contribution >= 0.6 is 28.4 Å². The van der Waals surface area contributed by atoms with Gasteiger partial charge in [-0.1, -0.05) is 19.9 Å². The number of aromatic nitrogens is 2. The molecule has 1 spiro atoms. The van der Waals surface area contributed by atoms with Crippen molar-refractivity contribution < 1.29 is 14.3 Å². The van der Waals surface area contributed by atoms with Crippen molar-refractivity contribution in [2.45, 2.75) is 78.0 Å². The number of hydrogen-bond acceptors (Lipinski definition) is 5. The lowest BCUT2D eigenvalue weighted by molar-refractivity contribution is -0.00366. The van der Waals surface area contributed by atoms with E-state index in [4.69, 9.17) is 14.6 Å². The molecule has 2 heterocycles. The largest absolute Gasteiger partial charge is 0.444 e. The molecule has 3 rings (SSSR count). The second-order valence-electron chi connectivity index (χ2n) is 11.4. The minimum atomic E-state index is -0.481. The molecular formula is C24H40IN4O3P. The van der Waals surface area contributed by atoms with E-state index in [2.05, 4.69) is 60.1 Å². The number of ether oxygens (including phenoxy) is 2. The highest BCUT2D eigenvalue weighted by molar-refractivity contribution is 14.2. The Morgan fingerprint density at radius 1 is 1.33 bits per heavy atom. The third-order valence-corrected chi connectivity index (χ3v) is 8.19. The van der Waals surface area contributed by atoms with Gasteiger partial charge >= 0.3 is 6.09 Å². The van der Waals surface area contributed by atoms with Gasteiger partial charge < -0.3 is 14.4 Å². The number of likely N-dealkylation sites (N-methyl/N-ethyl adjacent to an activating group) is 2. The van der Waals surface area contributed by atoms with Crippen LogP contribution in [0, 0.1) is 5.41 Å². The number of carbonyl (C=O) groups excluding carboxylic acids is 1. The van der Waals surface area contributed by atoms with E-state index >= 15 is 0 Å². The second kappa shape index (κ2) is 10.5. The zero-order valence-electron chi connectivity index (χ0n) is 21.2. The van der Waals surface area contributed by atoms with Crippen LogP contribution in [0.1, 0.15) is 71.6 Å². The first-order valence-electron chi connectivity index (χ1n) is 11.7. The summed E-state index contributed by atoms with van der Waals surface area (Å²) in [5.41, 5.74) is 3.58. The van der Waals surface area contributed by atoms with Crippen LogP contribution in [0.4, 0.5) is 4.79 Å². The molecule has 7 nitrogen and oxygen atoms in total. The molecule has 0 saturated carbocycles. The fraction of sp³-hybridized carbons (Fsp3) is 0.750. The summed E-state index contributed by atoms with van der Waals surface area (Å²) in [5.74, 6) is 0. The summed E-state index contributed by atoms with van der Waals surface area (Å²) in [6.07, 6.45) is 9.11. The Kier molecular flexibility index (Phi) is 8.56. The summed E-state index contributed by atoms with van der Waals surface area (Å²) in [4.78, 5) is 16.1. The van der Waals surface area contributed by atoms with Gasteiger partial charge in [-0.2, -0.15) is 5.10 Å². The summed E-state index contributed by atoms with van der Waals surface area (Å²) in [6.45, 7) is 13.2. The van der Waals surface area contributed by atoms with Crippen LogP contribution in [0.25, 0.3) is 5.57 Å². The number of nitrogens with zero attached hydrogens (tertiary/aromatic N) is 4. The van der Waals surface area contributed by atoms with E-state index < -0.39 is 5.60 Å². The molecule has 2 unspecified atom stereocenters. The Bertz CT molecular complexity index is 880. The molecule has 0 N–H and O–H groups in total. The molecule has 1 fully saturated rings. The maximum absolute atomic E-state index is 12.2. The molecule has 1 aliphatic heterocycles. The topological polar surface area (TPSA) is 59.8 Å². The number of amides is 1. The van der Waals surface area contributed by atoms with Gasteiger partial charge in [0.1, 0.15) is 5.60 Å². The summed E-state index contributed by atoms with van der Waals surface area (Å²) in [5, 5.41) is 4.87. The van der Waals surface area contributed by atoms with Crippen LogP contribution in [0.2, 0.25) is 0 Å². The molecule has 1 amide bonds. The third kappa shape index (κ3) is 7.39. The molecule has 1 saturated heterocycles. The highest BCUT2D eigenvalue weighted by Gasteiger charge is 2.45. The molecule has 33 heavy (non-hydrogen) atoms. The monoisotopic (exact) mass is 590 g/mol. The van der Waals surface area contributed by atoms with Crippen LogP contribution in [0.3, 0.4) is 0 Å². The molecule has 0 radical (unpaired) electrons. The Balaban J connectivity index is 1.62. The molecule has 186 valence electrons. The van der Waals surface area contributed by atoms with Gasteiger partial charge in [-0.05, 0) is 86.5 Å². The molecular weight excluding hydrogens is 550 g/mol. The Morgan fingerprint density at radius 2 is 2.06 bits per heavy atom. The SMILES string of the molecule is CN(CCN(C)C(=O)OC(C)(C)C)Cc1nn(PI)cc1C1=CCC2(CC1)CC(C)(C)CO2.